The van der Waals surface area contributed by atoms with Crippen molar-refractivity contribution in [1.29, 1.82) is 0 Å². The van der Waals surface area contributed by atoms with Gasteiger partial charge in [-0.1, -0.05) is 13.8 Å². The van der Waals surface area contributed by atoms with Gasteiger partial charge >= 0.3 is 0 Å². The Balaban J connectivity index is 1.46. The van der Waals surface area contributed by atoms with Crippen LogP contribution in [-0.2, 0) is 0 Å². The molecule has 18 heavy (non-hydrogen) atoms. The molecule has 2 heteroatoms. The fraction of sp³-hybridized carbons (Fsp3) is 1.00. The smallest absolute Gasteiger partial charge is 0.0221 e. The first-order valence-electron chi connectivity index (χ1n) is 8.13. The van der Waals surface area contributed by atoms with Crippen LogP contribution in [0.15, 0.2) is 0 Å². The summed E-state index contributed by atoms with van der Waals surface area (Å²) >= 11 is 0. The summed E-state index contributed by atoms with van der Waals surface area (Å²) < 4.78 is 0. The Hall–Kier alpha value is -0.0800. The van der Waals surface area contributed by atoms with Gasteiger partial charge < -0.3 is 5.32 Å². The first-order valence-corrected chi connectivity index (χ1v) is 8.13. The summed E-state index contributed by atoms with van der Waals surface area (Å²) in [6.07, 6.45) is 8.81. The van der Waals surface area contributed by atoms with E-state index in [1.807, 2.05) is 0 Å². The molecule has 2 nitrogen and oxygen atoms in total. The van der Waals surface area contributed by atoms with E-state index in [-0.39, 0.29) is 0 Å². The normalized spacial score (nSPS) is 33.8. The quantitative estimate of drug-likeness (QED) is 0.810. The second-order valence-corrected chi connectivity index (χ2v) is 7.49. The van der Waals surface area contributed by atoms with Gasteiger partial charge in [-0.25, -0.2) is 0 Å². The minimum atomic E-state index is 0.739. The minimum Gasteiger partial charge on any atom is -0.315 e. The highest BCUT2D eigenvalue weighted by Crippen LogP contribution is 2.47. The highest BCUT2D eigenvalue weighted by Gasteiger charge is 2.47. The molecule has 104 valence electrons. The molecule has 0 aromatic rings. The van der Waals surface area contributed by atoms with Crippen molar-refractivity contribution in [3.63, 3.8) is 0 Å². The van der Waals surface area contributed by atoms with Crippen molar-refractivity contribution in [2.24, 2.45) is 17.3 Å². The lowest BCUT2D eigenvalue weighted by Gasteiger charge is -2.57. The van der Waals surface area contributed by atoms with Crippen LogP contribution in [0.25, 0.3) is 0 Å². The third-order valence-electron chi connectivity index (χ3n) is 5.90. The Morgan fingerprint density at radius 1 is 1.11 bits per heavy atom. The van der Waals surface area contributed by atoms with Gasteiger partial charge in [-0.3, -0.25) is 4.90 Å². The van der Waals surface area contributed by atoms with E-state index >= 15 is 0 Å². The van der Waals surface area contributed by atoms with Crippen molar-refractivity contribution in [1.82, 2.24) is 10.2 Å². The summed E-state index contributed by atoms with van der Waals surface area (Å²) in [6, 6.07) is 0.854. The molecule has 0 aromatic carbocycles. The zero-order chi connectivity index (χ0) is 12.6. The lowest BCUT2D eigenvalue weighted by Crippen LogP contribution is -2.63. The Morgan fingerprint density at radius 2 is 1.83 bits per heavy atom. The van der Waals surface area contributed by atoms with Gasteiger partial charge in [-0.2, -0.15) is 0 Å². The number of hydrogen-bond acceptors (Lipinski definition) is 2. The van der Waals surface area contributed by atoms with Crippen molar-refractivity contribution < 1.29 is 0 Å². The Kier molecular flexibility index (Phi) is 3.68. The van der Waals surface area contributed by atoms with Crippen LogP contribution in [0.4, 0.5) is 0 Å². The minimum absolute atomic E-state index is 0.739. The van der Waals surface area contributed by atoms with Crippen molar-refractivity contribution in [3.05, 3.63) is 0 Å². The molecule has 2 aliphatic heterocycles. The SMILES string of the molecule is CC(C)C1CCC2(CC1)CN(C1CCCNC1)C2. The number of likely N-dealkylation sites (tertiary alicyclic amines) is 1. The Morgan fingerprint density at radius 3 is 2.39 bits per heavy atom. The number of hydrogen-bond donors (Lipinski definition) is 1. The molecule has 0 radical (unpaired) electrons. The molecule has 2 saturated heterocycles. The van der Waals surface area contributed by atoms with E-state index in [0.29, 0.717) is 0 Å². The zero-order valence-electron chi connectivity index (χ0n) is 12.3. The maximum absolute atomic E-state index is 3.56. The Labute approximate surface area is 113 Å². The molecule has 0 aromatic heterocycles. The van der Waals surface area contributed by atoms with Crippen LogP contribution < -0.4 is 5.32 Å². The van der Waals surface area contributed by atoms with Crippen LogP contribution in [0.1, 0.15) is 52.4 Å². The standard InChI is InChI=1S/C16H30N2/c1-13(2)14-5-7-16(8-6-14)11-18(12-16)15-4-3-9-17-10-15/h13-15,17H,3-12H2,1-2H3. The van der Waals surface area contributed by atoms with Crippen molar-refractivity contribution in [3.8, 4) is 0 Å². The van der Waals surface area contributed by atoms with E-state index in [1.165, 1.54) is 64.7 Å². The summed E-state index contributed by atoms with van der Waals surface area (Å²) in [5.74, 6) is 1.92. The molecule has 2 heterocycles. The Bertz CT molecular complexity index is 265. The molecule has 1 aliphatic carbocycles. The summed E-state index contributed by atoms with van der Waals surface area (Å²) in [5, 5.41) is 3.56. The van der Waals surface area contributed by atoms with Gasteiger partial charge in [0.2, 0.25) is 0 Å². The molecule has 3 aliphatic rings. The van der Waals surface area contributed by atoms with Gasteiger partial charge in [0.25, 0.3) is 0 Å². The van der Waals surface area contributed by atoms with Gasteiger partial charge in [0.1, 0.15) is 0 Å². The molecule has 3 rings (SSSR count). The summed E-state index contributed by atoms with van der Waals surface area (Å²) in [7, 11) is 0. The molecule has 1 saturated carbocycles. The third kappa shape index (κ3) is 2.46. The molecule has 1 unspecified atom stereocenters. The zero-order valence-corrected chi connectivity index (χ0v) is 12.3. The molecule has 1 N–H and O–H groups in total. The van der Waals surface area contributed by atoms with Crippen LogP contribution in [-0.4, -0.2) is 37.1 Å². The predicted molar refractivity (Wildman–Crippen MR) is 76.7 cm³/mol. The van der Waals surface area contributed by atoms with Crippen molar-refractivity contribution in [2.75, 3.05) is 26.2 Å². The number of nitrogens with one attached hydrogen (secondary N) is 1. The highest BCUT2D eigenvalue weighted by atomic mass is 15.3. The fourth-order valence-corrected chi connectivity index (χ4v) is 4.45. The first-order chi connectivity index (χ1) is 8.69. The monoisotopic (exact) mass is 250 g/mol. The van der Waals surface area contributed by atoms with Gasteiger partial charge in [0.05, 0.1) is 0 Å². The average molecular weight is 250 g/mol. The van der Waals surface area contributed by atoms with Crippen LogP contribution in [0.2, 0.25) is 0 Å². The largest absolute Gasteiger partial charge is 0.315 e. The molecular formula is C16H30N2. The lowest BCUT2D eigenvalue weighted by molar-refractivity contribution is -0.0701. The fourth-order valence-electron chi connectivity index (χ4n) is 4.45. The molecule has 0 bridgehead atoms. The van der Waals surface area contributed by atoms with E-state index in [0.717, 1.165) is 23.3 Å². The molecular weight excluding hydrogens is 220 g/mol. The average Bonchev–Trinajstić information content (AvgIpc) is 2.37. The predicted octanol–water partition coefficient (Wildman–Crippen LogP) is 2.89. The van der Waals surface area contributed by atoms with Crippen LogP contribution in [0.5, 0.6) is 0 Å². The first kappa shape index (κ1) is 12.9. The summed E-state index contributed by atoms with van der Waals surface area (Å²) in [4.78, 5) is 2.77. The summed E-state index contributed by atoms with van der Waals surface area (Å²) in [5.41, 5.74) is 0.739. The second kappa shape index (κ2) is 5.13. The van der Waals surface area contributed by atoms with Gasteiger partial charge in [0, 0.05) is 25.7 Å². The maximum Gasteiger partial charge on any atom is 0.0221 e. The van der Waals surface area contributed by atoms with Gasteiger partial charge in [-0.15, -0.1) is 0 Å². The molecule has 3 fully saturated rings. The highest BCUT2D eigenvalue weighted by molar-refractivity contribution is 5.00. The number of rotatable bonds is 2. The lowest BCUT2D eigenvalue weighted by atomic mass is 9.63. The van der Waals surface area contributed by atoms with E-state index in [9.17, 15) is 0 Å². The topological polar surface area (TPSA) is 15.3 Å². The van der Waals surface area contributed by atoms with Gasteiger partial charge in [0.15, 0.2) is 0 Å². The van der Waals surface area contributed by atoms with E-state index in [2.05, 4.69) is 24.1 Å². The molecule has 1 atom stereocenters. The van der Waals surface area contributed by atoms with Crippen LogP contribution >= 0.6 is 0 Å². The van der Waals surface area contributed by atoms with Crippen LogP contribution in [0.3, 0.4) is 0 Å². The summed E-state index contributed by atoms with van der Waals surface area (Å²) in [6.45, 7) is 10.1. The van der Waals surface area contributed by atoms with Crippen LogP contribution in [0, 0.1) is 17.3 Å². The number of nitrogens with zero attached hydrogens (tertiary/aromatic N) is 1. The molecule has 1 spiro atoms. The third-order valence-corrected chi connectivity index (χ3v) is 5.90. The number of piperidine rings is 1. The van der Waals surface area contributed by atoms with E-state index in [4.69, 9.17) is 0 Å². The second-order valence-electron chi connectivity index (χ2n) is 7.49. The van der Waals surface area contributed by atoms with Crippen molar-refractivity contribution >= 4 is 0 Å². The van der Waals surface area contributed by atoms with E-state index < -0.39 is 0 Å². The molecule has 0 amide bonds. The maximum atomic E-state index is 3.56. The van der Waals surface area contributed by atoms with E-state index in [1.54, 1.807) is 0 Å². The van der Waals surface area contributed by atoms with Gasteiger partial charge in [-0.05, 0) is 62.3 Å². The van der Waals surface area contributed by atoms with Crippen molar-refractivity contribution in [2.45, 2.75) is 58.4 Å².